The summed E-state index contributed by atoms with van der Waals surface area (Å²) in [6.45, 7) is 3.91. The number of carboxylic acid groups (broad SMARTS) is 1. The molecule has 1 rings (SSSR count). The van der Waals surface area contributed by atoms with E-state index in [1.54, 1.807) is 26.0 Å². The Bertz CT molecular complexity index is 587. The number of aliphatic carboxylic acids is 1. The highest BCUT2D eigenvalue weighted by Gasteiger charge is 2.13. The molecule has 0 aliphatic rings. The van der Waals surface area contributed by atoms with Gasteiger partial charge in [0.15, 0.2) is 0 Å². The van der Waals surface area contributed by atoms with Crippen molar-refractivity contribution >= 4 is 35.1 Å². The molecule has 0 bridgehead atoms. The van der Waals surface area contributed by atoms with Gasteiger partial charge in [0.1, 0.15) is 0 Å². The number of carboxylic acids is 1. The molecule has 0 atom stereocenters. The molecule has 0 aliphatic carbocycles. The van der Waals surface area contributed by atoms with Crippen molar-refractivity contribution in [3.05, 3.63) is 28.8 Å². The normalized spacial score (nSPS) is 10.4. The molecule has 0 saturated carbocycles. The average molecular weight is 341 g/mol. The Balaban J connectivity index is 2.62. The maximum absolute atomic E-state index is 12.1. The minimum absolute atomic E-state index is 0.0767. The van der Waals surface area contributed by atoms with Gasteiger partial charge in [0.05, 0.1) is 10.6 Å². The minimum Gasteiger partial charge on any atom is -0.481 e. The minimum atomic E-state index is -0.854. The predicted molar refractivity (Wildman–Crippen MR) is 88.7 cm³/mol. The van der Waals surface area contributed by atoms with Crippen LogP contribution in [-0.4, -0.2) is 29.4 Å². The molecular formula is C16H21ClN2O4. The van der Waals surface area contributed by atoms with Crippen LogP contribution in [-0.2, 0) is 9.59 Å². The largest absolute Gasteiger partial charge is 0.481 e. The lowest BCUT2D eigenvalue weighted by Gasteiger charge is -2.11. The Kier molecular flexibility index (Phi) is 7.54. The van der Waals surface area contributed by atoms with E-state index in [0.29, 0.717) is 25.1 Å². The second-order valence-corrected chi connectivity index (χ2v) is 5.85. The van der Waals surface area contributed by atoms with E-state index < -0.39 is 5.97 Å². The molecule has 3 N–H and O–H groups in total. The number of nitrogens with one attached hydrogen (secondary N) is 2. The molecule has 0 heterocycles. The summed E-state index contributed by atoms with van der Waals surface area (Å²) in [6.07, 6.45) is 1.14. The first-order chi connectivity index (χ1) is 10.8. The monoisotopic (exact) mass is 340 g/mol. The van der Waals surface area contributed by atoms with Gasteiger partial charge in [-0.25, -0.2) is 0 Å². The van der Waals surface area contributed by atoms with E-state index in [9.17, 15) is 14.4 Å². The summed E-state index contributed by atoms with van der Waals surface area (Å²) in [4.78, 5) is 34.2. The topological polar surface area (TPSA) is 95.5 Å². The first kappa shape index (κ1) is 19.0. The predicted octanol–water partition coefficient (Wildman–Crippen LogP) is 2.92. The molecule has 0 fully saturated rings. The zero-order valence-corrected chi connectivity index (χ0v) is 13.9. The van der Waals surface area contributed by atoms with Gasteiger partial charge >= 0.3 is 5.97 Å². The lowest BCUT2D eigenvalue weighted by molar-refractivity contribution is -0.137. The summed E-state index contributed by atoms with van der Waals surface area (Å²) in [6, 6.07) is 4.71. The summed E-state index contributed by atoms with van der Waals surface area (Å²) in [7, 11) is 0. The molecule has 2 amide bonds. The van der Waals surface area contributed by atoms with Crippen molar-refractivity contribution in [2.45, 2.75) is 33.1 Å². The van der Waals surface area contributed by atoms with Gasteiger partial charge in [0.2, 0.25) is 5.91 Å². The highest BCUT2D eigenvalue weighted by molar-refractivity contribution is 6.34. The third kappa shape index (κ3) is 6.69. The number of carbonyl (C=O) groups excluding carboxylic acids is 2. The molecule has 0 radical (unpaired) electrons. The summed E-state index contributed by atoms with van der Waals surface area (Å²) in [5, 5.41) is 14.2. The molecule has 1 aromatic carbocycles. The number of rotatable bonds is 8. The van der Waals surface area contributed by atoms with Gasteiger partial charge in [-0.05, 0) is 31.0 Å². The lowest BCUT2D eigenvalue weighted by atomic mass is 10.1. The molecule has 0 unspecified atom stereocenters. The summed E-state index contributed by atoms with van der Waals surface area (Å²) in [5.74, 6) is -1.52. The molecule has 23 heavy (non-hydrogen) atoms. The fraction of sp³-hybridized carbons (Fsp3) is 0.438. The second kappa shape index (κ2) is 9.15. The summed E-state index contributed by atoms with van der Waals surface area (Å²) >= 11 is 6.02. The van der Waals surface area contributed by atoms with Gasteiger partial charge in [-0.3, -0.25) is 14.4 Å². The van der Waals surface area contributed by atoms with Crippen LogP contribution < -0.4 is 10.6 Å². The zero-order valence-electron chi connectivity index (χ0n) is 13.2. The van der Waals surface area contributed by atoms with Gasteiger partial charge < -0.3 is 15.7 Å². The molecule has 0 spiro atoms. The molecule has 126 valence electrons. The number of halogens is 1. The molecule has 7 heteroatoms. The van der Waals surface area contributed by atoms with Crippen LogP contribution in [0.1, 0.15) is 43.5 Å². The maximum atomic E-state index is 12.1. The van der Waals surface area contributed by atoms with Crippen LogP contribution >= 0.6 is 11.6 Å². The quantitative estimate of drug-likeness (QED) is 0.634. The van der Waals surface area contributed by atoms with E-state index in [0.717, 1.165) is 0 Å². The average Bonchev–Trinajstić information content (AvgIpc) is 2.48. The van der Waals surface area contributed by atoms with Crippen molar-refractivity contribution in [2.24, 2.45) is 5.92 Å². The van der Waals surface area contributed by atoms with Gasteiger partial charge in [-0.15, -0.1) is 0 Å². The van der Waals surface area contributed by atoms with E-state index in [4.69, 9.17) is 16.7 Å². The molecule has 6 nitrogen and oxygen atoms in total. The number of anilines is 1. The number of unbranched alkanes of at least 4 members (excludes halogenated alkanes) is 1. The molecule has 0 aromatic heterocycles. The van der Waals surface area contributed by atoms with Crippen molar-refractivity contribution in [1.29, 1.82) is 0 Å². The van der Waals surface area contributed by atoms with Crippen molar-refractivity contribution in [1.82, 2.24) is 5.32 Å². The zero-order chi connectivity index (χ0) is 17.4. The second-order valence-electron chi connectivity index (χ2n) is 5.45. The van der Waals surface area contributed by atoms with Crippen molar-refractivity contribution < 1.29 is 19.5 Å². The van der Waals surface area contributed by atoms with Crippen LogP contribution in [0, 0.1) is 5.92 Å². The fourth-order valence-corrected chi connectivity index (χ4v) is 1.97. The van der Waals surface area contributed by atoms with Crippen molar-refractivity contribution in [3.63, 3.8) is 0 Å². The molecule has 1 aromatic rings. The van der Waals surface area contributed by atoms with Crippen molar-refractivity contribution in [3.8, 4) is 0 Å². The van der Waals surface area contributed by atoms with Crippen LogP contribution in [0.5, 0.6) is 0 Å². The van der Waals surface area contributed by atoms with Crippen molar-refractivity contribution in [2.75, 3.05) is 11.9 Å². The smallest absolute Gasteiger partial charge is 0.303 e. The third-order valence-corrected chi connectivity index (χ3v) is 3.44. The van der Waals surface area contributed by atoms with E-state index in [-0.39, 0.29) is 34.7 Å². The number of hydrogen-bond acceptors (Lipinski definition) is 3. The molecular weight excluding hydrogens is 320 g/mol. The SMILES string of the molecule is CC(C)C(=O)Nc1ccc(Cl)c(C(=O)NCCCCC(=O)O)c1. The van der Waals surface area contributed by atoms with Crippen LogP contribution in [0.15, 0.2) is 18.2 Å². The highest BCUT2D eigenvalue weighted by atomic mass is 35.5. The van der Waals surface area contributed by atoms with E-state index >= 15 is 0 Å². The summed E-state index contributed by atoms with van der Waals surface area (Å²) in [5.41, 5.74) is 0.774. The summed E-state index contributed by atoms with van der Waals surface area (Å²) < 4.78 is 0. The Morgan fingerprint density at radius 3 is 2.52 bits per heavy atom. The van der Waals surface area contributed by atoms with Gasteiger partial charge in [-0.2, -0.15) is 0 Å². The standard InChI is InChI=1S/C16H21ClN2O4/c1-10(2)15(22)19-11-6-7-13(17)12(9-11)16(23)18-8-4-3-5-14(20)21/h6-7,9-10H,3-5,8H2,1-2H3,(H,18,23)(H,19,22)(H,20,21). The van der Waals surface area contributed by atoms with Gasteiger partial charge in [-0.1, -0.05) is 25.4 Å². The third-order valence-electron chi connectivity index (χ3n) is 3.11. The van der Waals surface area contributed by atoms with E-state index in [1.165, 1.54) is 6.07 Å². The Morgan fingerprint density at radius 1 is 1.22 bits per heavy atom. The lowest BCUT2D eigenvalue weighted by Crippen LogP contribution is -2.25. The van der Waals surface area contributed by atoms with Crippen LogP contribution in [0.2, 0.25) is 5.02 Å². The van der Waals surface area contributed by atoms with Gasteiger partial charge in [0.25, 0.3) is 5.91 Å². The number of amides is 2. The Labute approximate surface area is 140 Å². The van der Waals surface area contributed by atoms with Crippen LogP contribution in [0.4, 0.5) is 5.69 Å². The van der Waals surface area contributed by atoms with Gasteiger partial charge in [0, 0.05) is 24.6 Å². The van der Waals surface area contributed by atoms with Crippen LogP contribution in [0.25, 0.3) is 0 Å². The fourth-order valence-electron chi connectivity index (χ4n) is 1.76. The number of benzene rings is 1. The molecule has 0 aliphatic heterocycles. The number of carbonyl (C=O) groups is 3. The first-order valence-electron chi connectivity index (χ1n) is 7.41. The van der Waals surface area contributed by atoms with E-state index in [1.807, 2.05) is 0 Å². The Hall–Kier alpha value is -2.08. The van der Waals surface area contributed by atoms with Crippen LogP contribution in [0.3, 0.4) is 0 Å². The van der Waals surface area contributed by atoms with E-state index in [2.05, 4.69) is 10.6 Å². The number of hydrogen-bond donors (Lipinski definition) is 3. The molecule has 0 saturated heterocycles. The highest BCUT2D eigenvalue weighted by Crippen LogP contribution is 2.21. The Morgan fingerprint density at radius 2 is 1.91 bits per heavy atom. The first-order valence-corrected chi connectivity index (χ1v) is 7.79. The maximum Gasteiger partial charge on any atom is 0.303 e.